The van der Waals surface area contributed by atoms with Gasteiger partial charge in [-0.1, -0.05) is 13.8 Å². The van der Waals surface area contributed by atoms with Gasteiger partial charge in [0.25, 0.3) is 0 Å². The van der Waals surface area contributed by atoms with Crippen LogP contribution < -0.4 is 0 Å². The van der Waals surface area contributed by atoms with Crippen LogP contribution in [0.1, 0.15) is 34.2 Å². The molecule has 0 saturated carbocycles. The highest BCUT2D eigenvalue weighted by molar-refractivity contribution is 7.13. The number of nitrogens with zero attached hydrogens (tertiary/aromatic N) is 2. The normalized spacial score (nSPS) is 11.5. The molecule has 0 aliphatic carbocycles. The molecule has 1 rings (SSSR count). The molecule has 0 fully saturated rings. The molecular formula is C13H22N2O3S. The van der Waals surface area contributed by atoms with E-state index in [9.17, 15) is 9.90 Å². The summed E-state index contributed by atoms with van der Waals surface area (Å²) in [5.74, 6) is -0.492. The molecule has 1 aromatic heterocycles. The minimum atomic E-state index is -0.886. The zero-order valence-corrected chi connectivity index (χ0v) is 12.5. The van der Waals surface area contributed by atoms with Gasteiger partial charge in [-0.2, -0.15) is 0 Å². The lowest BCUT2D eigenvalue weighted by Gasteiger charge is -2.13. The summed E-state index contributed by atoms with van der Waals surface area (Å²) in [6.07, 6.45) is 1.42. The van der Waals surface area contributed by atoms with Crippen molar-refractivity contribution in [3.8, 4) is 0 Å². The van der Waals surface area contributed by atoms with Gasteiger partial charge in [0.1, 0.15) is 4.88 Å². The number of thiazole rings is 1. The molecular weight excluding hydrogens is 264 g/mol. The summed E-state index contributed by atoms with van der Waals surface area (Å²) < 4.78 is 0. The van der Waals surface area contributed by atoms with Crippen molar-refractivity contribution in [2.75, 3.05) is 26.7 Å². The number of aliphatic hydroxyl groups excluding tert-OH is 1. The van der Waals surface area contributed by atoms with Crippen molar-refractivity contribution in [1.29, 1.82) is 0 Å². The Morgan fingerprint density at radius 3 is 2.63 bits per heavy atom. The van der Waals surface area contributed by atoms with E-state index in [1.165, 1.54) is 11.3 Å². The monoisotopic (exact) mass is 286 g/mol. The van der Waals surface area contributed by atoms with E-state index in [0.717, 1.165) is 18.0 Å². The minimum Gasteiger partial charge on any atom is -0.477 e. The Labute approximate surface area is 117 Å². The Hall–Kier alpha value is -0.980. The zero-order chi connectivity index (χ0) is 14.4. The topological polar surface area (TPSA) is 73.7 Å². The molecule has 0 spiro atoms. The molecule has 0 saturated heterocycles. The average Bonchev–Trinajstić information content (AvgIpc) is 2.69. The van der Waals surface area contributed by atoms with E-state index in [1.54, 1.807) is 0 Å². The zero-order valence-electron chi connectivity index (χ0n) is 11.7. The van der Waals surface area contributed by atoms with Gasteiger partial charge in [-0.15, -0.1) is 11.3 Å². The number of hydrogen-bond acceptors (Lipinski definition) is 5. The summed E-state index contributed by atoms with van der Waals surface area (Å²) >= 11 is 1.27. The first kappa shape index (κ1) is 16.1. The number of likely N-dealkylation sites (N-methyl/N-ethyl adjacent to an activating group) is 1. The van der Waals surface area contributed by atoms with Gasteiger partial charge in [0, 0.05) is 19.5 Å². The molecule has 0 radical (unpaired) electrons. The molecule has 2 N–H and O–H groups in total. The fourth-order valence-electron chi connectivity index (χ4n) is 1.77. The predicted molar refractivity (Wildman–Crippen MR) is 75.9 cm³/mol. The van der Waals surface area contributed by atoms with Crippen molar-refractivity contribution in [3.63, 3.8) is 0 Å². The average molecular weight is 286 g/mol. The van der Waals surface area contributed by atoms with E-state index in [0.29, 0.717) is 29.5 Å². The number of hydrogen-bond donors (Lipinski definition) is 2. The van der Waals surface area contributed by atoms with Crippen molar-refractivity contribution in [2.24, 2.45) is 5.92 Å². The van der Waals surface area contributed by atoms with Crippen LogP contribution >= 0.6 is 11.3 Å². The van der Waals surface area contributed by atoms with Gasteiger partial charge in [0.2, 0.25) is 0 Å². The van der Waals surface area contributed by atoms with Gasteiger partial charge in [-0.05, 0) is 19.4 Å². The van der Waals surface area contributed by atoms with Crippen LogP contribution in [0.4, 0.5) is 0 Å². The lowest BCUT2D eigenvalue weighted by Crippen LogP contribution is -2.24. The lowest BCUT2D eigenvalue weighted by atomic mass is 10.1. The Kier molecular flexibility index (Phi) is 6.41. The van der Waals surface area contributed by atoms with Crippen LogP contribution in [0.2, 0.25) is 0 Å². The largest absolute Gasteiger partial charge is 0.477 e. The van der Waals surface area contributed by atoms with Crippen molar-refractivity contribution in [3.05, 3.63) is 15.6 Å². The molecule has 0 amide bonds. The summed E-state index contributed by atoms with van der Waals surface area (Å²) in [4.78, 5) is 18.0. The third-order valence-electron chi connectivity index (χ3n) is 2.73. The number of aromatic nitrogens is 1. The first-order chi connectivity index (χ1) is 8.93. The van der Waals surface area contributed by atoms with Crippen LogP contribution in [0.25, 0.3) is 0 Å². The van der Waals surface area contributed by atoms with Crippen LogP contribution in [-0.4, -0.2) is 52.8 Å². The molecule has 0 unspecified atom stereocenters. The van der Waals surface area contributed by atoms with Crippen LogP contribution in [-0.2, 0) is 12.8 Å². The highest BCUT2D eigenvalue weighted by Gasteiger charge is 2.18. The quantitative estimate of drug-likeness (QED) is 0.757. The van der Waals surface area contributed by atoms with Gasteiger partial charge in [-0.3, -0.25) is 0 Å². The second-order valence-corrected chi connectivity index (χ2v) is 6.15. The second kappa shape index (κ2) is 7.57. The van der Waals surface area contributed by atoms with Gasteiger partial charge in [0.05, 0.1) is 17.3 Å². The van der Waals surface area contributed by atoms with E-state index < -0.39 is 5.97 Å². The number of carbonyl (C=O) groups is 1. The maximum Gasteiger partial charge on any atom is 0.347 e. The minimum absolute atomic E-state index is 0.132. The molecule has 0 aromatic carbocycles. The van der Waals surface area contributed by atoms with Crippen LogP contribution in [0.3, 0.4) is 0 Å². The van der Waals surface area contributed by atoms with E-state index in [2.05, 4.69) is 18.8 Å². The number of carboxylic acids is 1. The molecule has 0 bridgehead atoms. The smallest absolute Gasteiger partial charge is 0.347 e. The third-order valence-corrected chi connectivity index (χ3v) is 3.87. The number of carboxylic acid groups (broad SMARTS) is 1. The Morgan fingerprint density at radius 1 is 1.42 bits per heavy atom. The van der Waals surface area contributed by atoms with Crippen LogP contribution in [0.15, 0.2) is 0 Å². The van der Waals surface area contributed by atoms with Crippen molar-refractivity contribution < 1.29 is 15.0 Å². The van der Waals surface area contributed by atoms with E-state index in [-0.39, 0.29) is 6.61 Å². The van der Waals surface area contributed by atoms with Crippen LogP contribution in [0, 0.1) is 5.92 Å². The molecule has 5 nitrogen and oxygen atoms in total. The van der Waals surface area contributed by atoms with Gasteiger partial charge >= 0.3 is 5.97 Å². The first-order valence-electron chi connectivity index (χ1n) is 6.45. The summed E-state index contributed by atoms with van der Waals surface area (Å²) in [6.45, 7) is 5.64. The Balaban J connectivity index is 2.71. The maximum absolute atomic E-state index is 11.2. The van der Waals surface area contributed by atoms with Gasteiger partial charge in [-0.25, -0.2) is 9.78 Å². The summed E-state index contributed by atoms with van der Waals surface area (Å²) in [5, 5.41) is 18.9. The standard InChI is InChI=1S/C13H22N2O3S/c1-9(2)8-10-12(13(17)18)19-11(14-10)4-5-15(3)6-7-16/h9,16H,4-8H2,1-3H3,(H,17,18). The molecule has 1 aromatic rings. The predicted octanol–water partition coefficient (Wildman–Crippen LogP) is 1.51. The number of aliphatic hydroxyl groups is 1. The molecule has 19 heavy (non-hydrogen) atoms. The maximum atomic E-state index is 11.2. The van der Waals surface area contributed by atoms with Crippen LogP contribution in [0.5, 0.6) is 0 Å². The second-order valence-electron chi connectivity index (χ2n) is 5.06. The highest BCUT2D eigenvalue weighted by Crippen LogP contribution is 2.22. The van der Waals surface area contributed by atoms with Gasteiger partial charge in [0.15, 0.2) is 0 Å². The Bertz CT molecular complexity index is 418. The van der Waals surface area contributed by atoms with E-state index in [1.807, 2.05) is 11.9 Å². The molecule has 0 atom stereocenters. The highest BCUT2D eigenvalue weighted by atomic mass is 32.1. The van der Waals surface area contributed by atoms with Gasteiger partial charge < -0.3 is 15.1 Å². The fourth-order valence-corrected chi connectivity index (χ4v) is 2.69. The molecule has 108 valence electrons. The summed E-state index contributed by atoms with van der Waals surface area (Å²) in [6, 6.07) is 0. The summed E-state index contributed by atoms with van der Waals surface area (Å²) in [5.41, 5.74) is 0.701. The number of rotatable bonds is 8. The lowest BCUT2D eigenvalue weighted by molar-refractivity contribution is 0.0700. The molecule has 1 heterocycles. The number of aromatic carboxylic acids is 1. The first-order valence-corrected chi connectivity index (χ1v) is 7.27. The van der Waals surface area contributed by atoms with E-state index >= 15 is 0 Å². The SMILES string of the molecule is CC(C)Cc1nc(CCN(C)CCO)sc1C(=O)O. The van der Waals surface area contributed by atoms with Crippen molar-refractivity contribution in [2.45, 2.75) is 26.7 Å². The molecule has 0 aliphatic rings. The fraction of sp³-hybridized carbons (Fsp3) is 0.692. The summed E-state index contributed by atoms with van der Waals surface area (Å²) in [7, 11) is 1.93. The Morgan fingerprint density at radius 2 is 2.11 bits per heavy atom. The van der Waals surface area contributed by atoms with Crippen molar-refractivity contribution >= 4 is 17.3 Å². The third kappa shape index (κ3) is 5.26. The van der Waals surface area contributed by atoms with Crippen molar-refractivity contribution in [1.82, 2.24) is 9.88 Å². The molecule has 0 aliphatic heterocycles. The van der Waals surface area contributed by atoms with E-state index in [4.69, 9.17) is 5.11 Å². The molecule has 6 heteroatoms.